The SMILES string of the molecule is Cc1cc(C(=O)N(C)c2ccc(C#N)cc2)co1. The van der Waals surface area contributed by atoms with Gasteiger partial charge in [0.05, 0.1) is 17.2 Å². The zero-order chi connectivity index (χ0) is 13.1. The van der Waals surface area contributed by atoms with Crippen LogP contribution in [0, 0.1) is 18.3 Å². The molecule has 0 bridgehead atoms. The van der Waals surface area contributed by atoms with Gasteiger partial charge in [0.15, 0.2) is 0 Å². The van der Waals surface area contributed by atoms with E-state index in [1.165, 1.54) is 11.2 Å². The normalized spacial score (nSPS) is 9.83. The van der Waals surface area contributed by atoms with Crippen LogP contribution in [0.4, 0.5) is 5.69 Å². The van der Waals surface area contributed by atoms with Crippen LogP contribution in [0.2, 0.25) is 0 Å². The van der Waals surface area contributed by atoms with E-state index in [-0.39, 0.29) is 5.91 Å². The predicted octanol–water partition coefficient (Wildman–Crippen LogP) is 2.74. The summed E-state index contributed by atoms with van der Waals surface area (Å²) in [6.07, 6.45) is 1.44. The molecule has 4 heteroatoms. The molecular formula is C14H12N2O2. The number of furan rings is 1. The summed E-state index contributed by atoms with van der Waals surface area (Å²) in [7, 11) is 1.69. The highest BCUT2D eigenvalue weighted by Crippen LogP contribution is 2.17. The number of benzene rings is 1. The maximum Gasteiger partial charge on any atom is 0.261 e. The molecule has 0 aliphatic heterocycles. The molecular weight excluding hydrogens is 228 g/mol. The Morgan fingerprint density at radius 3 is 2.50 bits per heavy atom. The fourth-order valence-electron chi connectivity index (χ4n) is 1.63. The Morgan fingerprint density at radius 1 is 1.33 bits per heavy atom. The summed E-state index contributed by atoms with van der Waals surface area (Å²) < 4.78 is 5.12. The molecule has 0 atom stereocenters. The van der Waals surface area contributed by atoms with Gasteiger partial charge in [-0.1, -0.05) is 0 Å². The molecule has 0 saturated carbocycles. The van der Waals surface area contributed by atoms with Gasteiger partial charge in [-0.25, -0.2) is 0 Å². The van der Waals surface area contributed by atoms with Crippen LogP contribution < -0.4 is 4.90 Å². The van der Waals surface area contributed by atoms with E-state index in [4.69, 9.17) is 9.68 Å². The minimum atomic E-state index is -0.142. The highest BCUT2D eigenvalue weighted by molar-refractivity contribution is 6.05. The van der Waals surface area contributed by atoms with Crippen LogP contribution in [0.1, 0.15) is 21.7 Å². The number of rotatable bonds is 2. The molecule has 0 unspecified atom stereocenters. The van der Waals surface area contributed by atoms with Gasteiger partial charge in [-0.3, -0.25) is 4.79 Å². The largest absolute Gasteiger partial charge is 0.469 e. The van der Waals surface area contributed by atoms with Gasteiger partial charge >= 0.3 is 0 Å². The van der Waals surface area contributed by atoms with Gasteiger partial charge in [0.25, 0.3) is 5.91 Å². The van der Waals surface area contributed by atoms with Crippen molar-refractivity contribution in [3.63, 3.8) is 0 Å². The van der Waals surface area contributed by atoms with Gasteiger partial charge in [0, 0.05) is 12.7 Å². The van der Waals surface area contributed by atoms with Gasteiger partial charge in [0.1, 0.15) is 12.0 Å². The molecule has 1 aromatic carbocycles. The van der Waals surface area contributed by atoms with Crippen LogP contribution >= 0.6 is 0 Å². The second kappa shape index (κ2) is 4.76. The second-order valence-corrected chi connectivity index (χ2v) is 3.97. The first-order chi connectivity index (χ1) is 8.61. The Kier molecular flexibility index (Phi) is 3.16. The smallest absolute Gasteiger partial charge is 0.261 e. The molecule has 90 valence electrons. The van der Waals surface area contributed by atoms with E-state index in [1.807, 2.05) is 6.07 Å². The first kappa shape index (κ1) is 11.9. The number of nitriles is 1. The Labute approximate surface area is 105 Å². The predicted molar refractivity (Wildman–Crippen MR) is 67.3 cm³/mol. The molecule has 0 N–H and O–H groups in total. The third-order valence-electron chi connectivity index (χ3n) is 2.67. The van der Waals surface area contributed by atoms with E-state index < -0.39 is 0 Å². The number of hydrogen-bond acceptors (Lipinski definition) is 3. The number of hydrogen-bond donors (Lipinski definition) is 0. The van der Waals surface area contributed by atoms with Crippen LogP contribution in [-0.4, -0.2) is 13.0 Å². The maximum atomic E-state index is 12.1. The Morgan fingerprint density at radius 2 is 2.00 bits per heavy atom. The van der Waals surface area contributed by atoms with Crippen LogP contribution in [-0.2, 0) is 0 Å². The minimum absolute atomic E-state index is 0.142. The quantitative estimate of drug-likeness (QED) is 0.811. The molecule has 2 rings (SSSR count). The molecule has 0 spiro atoms. The van der Waals surface area contributed by atoms with Crippen molar-refractivity contribution in [2.24, 2.45) is 0 Å². The van der Waals surface area contributed by atoms with Gasteiger partial charge in [-0.2, -0.15) is 5.26 Å². The lowest BCUT2D eigenvalue weighted by atomic mass is 10.2. The molecule has 0 fully saturated rings. The van der Waals surface area contributed by atoms with Gasteiger partial charge in [-0.05, 0) is 37.3 Å². The van der Waals surface area contributed by atoms with E-state index in [0.717, 1.165) is 5.69 Å². The number of aryl methyl sites for hydroxylation is 1. The van der Waals surface area contributed by atoms with Crippen molar-refractivity contribution in [1.29, 1.82) is 5.26 Å². The molecule has 18 heavy (non-hydrogen) atoms. The summed E-state index contributed by atoms with van der Waals surface area (Å²) in [5.74, 6) is 0.558. The third-order valence-corrected chi connectivity index (χ3v) is 2.67. The molecule has 4 nitrogen and oxygen atoms in total. The van der Waals surface area contributed by atoms with Gasteiger partial charge in [-0.15, -0.1) is 0 Å². The lowest BCUT2D eigenvalue weighted by Crippen LogP contribution is -2.25. The van der Waals surface area contributed by atoms with E-state index in [9.17, 15) is 4.79 Å². The third kappa shape index (κ3) is 2.25. The van der Waals surface area contributed by atoms with Crippen LogP contribution in [0.5, 0.6) is 0 Å². The number of carbonyl (C=O) groups is 1. The standard InChI is InChI=1S/C14H12N2O2/c1-10-7-12(9-18-10)14(17)16(2)13-5-3-11(8-15)4-6-13/h3-7,9H,1-2H3. The zero-order valence-corrected chi connectivity index (χ0v) is 10.2. The Hall–Kier alpha value is -2.54. The second-order valence-electron chi connectivity index (χ2n) is 3.97. The van der Waals surface area contributed by atoms with Gasteiger partial charge in [0.2, 0.25) is 0 Å². The van der Waals surface area contributed by atoms with Crippen LogP contribution in [0.25, 0.3) is 0 Å². The average Bonchev–Trinajstić information content (AvgIpc) is 2.84. The topological polar surface area (TPSA) is 57.2 Å². The minimum Gasteiger partial charge on any atom is -0.469 e. The lowest BCUT2D eigenvalue weighted by molar-refractivity contribution is 0.0992. The molecule has 0 aliphatic carbocycles. The molecule has 0 saturated heterocycles. The van der Waals surface area contributed by atoms with E-state index in [0.29, 0.717) is 16.9 Å². The lowest BCUT2D eigenvalue weighted by Gasteiger charge is -2.16. The number of nitrogens with zero attached hydrogens (tertiary/aromatic N) is 2. The van der Waals surface area contributed by atoms with Crippen molar-refractivity contribution < 1.29 is 9.21 Å². The molecule has 1 amide bonds. The first-order valence-corrected chi connectivity index (χ1v) is 5.45. The molecule has 0 aliphatic rings. The summed E-state index contributed by atoms with van der Waals surface area (Å²) in [5, 5.41) is 8.71. The first-order valence-electron chi connectivity index (χ1n) is 5.45. The Balaban J connectivity index is 2.23. The van der Waals surface area contributed by atoms with Crippen molar-refractivity contribution >= 4 is 11.6 Å². The van der Waals surface area contributed by atoms with E-state index >= 15 is 0 Å². The fraction of sp³-hybridized carbons (Fsp3) is 0.143. The number of carbonyl (C=O) groups excluding carboxylic acids is 1. The summed E-state index contributed by atoms with van der Waals surface area (Å²) in [5.41, 5.74) is 1.82. The Bertz CT molecular complexity index is 605. The van der Waals surface area contributed by atoms with Crippen LogP contribution in [0.15, 0.2) is 41.0 Å². The van der Waals surface area contributed by atoms with Crippen LogP contribution in [0.3, 0.4) is 0 Å². The van der Waals surface area contributed by atoms with Crippen molar-refractivity contribution in [1.82, 2.24) is 0 Å². The van der Waals surface area contributed by atoms with Crippen molar-refractivity contribution in [3.05, 3.63) is 53.5 Å². The highest BCUT2D eigenvalue weighted by Gasteiger charge is 2.15. The van der Waals surface area contributed by atoms with Crippen molar-refractivity contribution in [3.8, 4) is 6.07 Å². The average molecular weight is 240 g/mol. The summed E-state index contributed by atoms with van der Waals surface area (Å²) in [4.78, 5) is 13.6. The zero-order valence-electron chi connectivity index (χ0n) is 10.2. The number of anilines is 1. The monoisotopic (exact) mass is 240 g/mol. The van der Waals surface area contributed by atoms with Crippen molar-refractivity contribution in [2.75, 3.05) is 11.9 Å². The summed E-state index contributed by atoms with van der Waals surface area (Å²) >= 11 is 0. The summed E-state index contributed by atoms with van der Waals surface area (Å²) in [6, 6.07) is 10.6. The fourth-order valence-corrected chi connectivity index (χ4v) is 1.63. The molecule has 2 aromatic rings. The van der Waals surface area contributed by atoms with Crippen molar-refractivity contribution in [2.45, 2.75) is 6.92 Å². The highest BCUT2D eigenvalue weighted by atomic mass is 16.3. The molecule has 1 aromatic heterocycles. The number of amides is 1. The molecule has 1 heterocycles. The van der Waals surface area contributed by atoms with E-state index in [2.05, 4.69) is 0 Å². The molecule has 0 radical (unpaired) electrons. The van der Waals surface area contributed by atoms with Gasteiger partial charge < -0.3 is 9.32 Å². The maximum absolute atomic E-state index is 12.1. The van der Waals surface area contributed by atoms with E-state index in [1.54, 1.807) is 44.3 Å². The summed E-state index contributed by atoms with van der Waals surface area (Å²) in [6.45, 7) is 1.79.